The third kappa shape index (κ3) is 2.36. The van der Waals surface area contributed by atoms with E-state index in [2.05, 4.69) is 16.4 Å². The lowest BCUT2D eigenvalue weighted by Crippen LogP contribution is -2.27. The molecule has 1 atom stereocenters. The average molecular weight is 214 g/mol. The fourth-order valence-electron chi connectivity index (χ4n) is 1.84. The van der Waals surface area contributed by atoms with Gasteiger partial charge in [-0.05, 0) is 25.5 Å². The first-order valence-electron chi connectivity index (χ1n) is 4.81. The van der Waals surface area contributed by atoms with Crippen LogP contribution in [0.3, 0.4) is 0 Å². The molecule has 3 N–H and O–H groups in total. The molecule has 0 spiro atoms. The molecule has 14 heavy (non-hydrogen) atoms. The number of piperidine rings is 1. The first-order valence-corrected chi connectivity index (χ1v) is 4.81. The summed E-state index contributed by atoms with van der Waals surface area (Å²) in [6.07, 6.45) is 5.47. The number of nitrogens with two attached hydrogens (primary N) is 1. The van der Waals surface area contributed by atoms with E-state index in [1.165, 1.54) is 19.3 Å². The van der Waals surface area contributed by atoms with E-state index in [9.17, 15) is 0 Å². The van der Waals surface area contributed by atoms with Crippen molar-refractivity contribution < 1.29 is 0 Å². The molecule has 1 aliphatic heterocycles. The van der Waals surface area contributed by atoms with E-state index in [0.29, 0.717) is 11.9 Å². The number of nitrogen functional groups attached to an aromatic ring is 1. The average Bonchev–Trinajstić information content (AvgIpc) is 2.20. The van der Waals surface area contributed by atoms with Gasteiger partial charge >= 0.3 is 0 Å². The summed E-state index contributed by atoms with van der Waals surface area (Å²) in [6.45, 7) is 1.10. The molecule has 78 valence electrons. The van der Waals surface area contributed by atoms with Crippen LogP contribution in [0.1, 0.15) is 30.9 Å². The lowest BCUT2D eigenvalue weighted by molar-refractivity contribution is 0.412. The Bertz CT molecular complexity index is 284. The van der Waals surface area contributed by atoms with Crippen LogP contribution in [0.15, 0.2) is 18.3 Å². The molecule has 1 saturated heterocycles. The summed E-state index contributed by atoms with van der Waals surface area (Å²) < 4.78 is 0. The predicted molar refractivity (Wildman–Crippen MR) is 60.5 cm³/mol. The Labute approximate surface area is 90.5 Å². The number of halogens is 1. The molecule has 0 aliphatic carbocycles. The highest BCUT2D eigenvalue weighted by Gasteiger charge is 2.16. The first-order chi connectivity index (χ1) is 6.38. The molecule has 0 radical (unpaired) electrons. The molecule has 0 bridgehead atoms. The molecule has 1 aromatic rings. The lowest BCUT2D eigenvalue weighted by Gasteiger charge is -2.24. The number of anilines is 1. The summed E-state index contributed by atoms with van der Waals surface area (Å²) >= 11 is 0. The summed E-state index contributed by atoms with van der Waals surface area (Å²) in [5.74, 6) is 0.668. The third-order valence-electron chi connectivity index (χ3n) is 2.56. The SMILES string of the molecule is Cl.Nc1ncccc1[C@@H]1CCCCN1. The number of aromatic nitrogens is 1. The summed E-state index contributed by atoms with van der Waals surface area (Å²) in [5.41, 5.74) is 6.96. The minimum atomic E-state index is 0. The Morgan fingerprint density at radius 3 is 2.93 bits per heavy atom. The molecule has 1 aromatic heterocycles. The topological polar surface area (TPSA) is 50.9 Å². The van der Waals surface area contributed by atoms with Crippen LogP contribution < -0.4 is 11.1 Å². The fraction of sp³-hybridized carbons (Fsp3) is 0.500. The molecule has 0 aromatic carbocycles. The highest BCUT2D eigenvalue weighted by Crippen LogP contribution is 2.25. The van der Waals surface area contributed by atoms with Gasteiger partial charge in [-0.2, -0.15) is 0 Å². The van der Waals surface area contributed by atoms with Crippen molar-refractivity contribution in [3.63, 3.8) is 0 Å². The summed E-state index contributed by atoms with van der Waals surface area (Å²) in [6, 6.07) is 4.43. The minimum Gasteiger partial charge on any atom is -0.383 e. The minimum absolute atomic E-state index is 0. The molecule has 3 nitrogen and oxygen atoms in total. The zero-order chi connectivity index (χ0) is 9.10. The van der Waals surface area contributed by atoms with Gasteiger partial charge in [0, 0.05) is 17.8 Å². The quantitative estimate of drug-likeness (QED) is 0.749. The van der Waals surface area contributed by atoms with Crippen LogP contribution in [0, 0.1) is 0 Å². The van der Waals surface area contributed by atoms with Crippen LogP contribution in [0.25, 0.3) is 0 Å². The molecular weight excluding hydrogens is 198 g/mol. The molecule has 0 unspecified atom stereocenters. The number of pyridine rings is 1. The summed E-state index contributed by atoms with van der Waals surface area (Å²) in [4.78, 5) is 4.09. The molecule has 4 heteroatoms. The number of rotatable bonds is 1. The lowest BCUT2D eigenvalue weighted by atomic mass is 9.98. The van der Waals surface area contributed by atoms with Gasteiger partial charge in [0.1, 0.15) is 5.82 Å². The van der Waals surface area contributed by atoms with Crippen molar-refractivity contribution in [2.24, 2.45) is 0 Å². The molecular formula is C10H16ClN3. The van der Waals surface area contributed by atoms with E-state index in [1.807, 2.05) is 6.07 Å². The number of nitrogens with zero attached hydrogens (tertiary/aromatic N) is 1. The first kappa shape index (κ1) is 11.3. The second-order valence-electron chi connectivity index (χ2n) is 3.48. The molecule has 1 aliphatic rings. The van der Waals surface area contributed by atoms with Crippen LogP contribution >= 0.6 is 12.4 Å². The van der Waals surface area contributed by atoms with Gasteiger partial charge in [-0.15, -0.1) is 12.4 Å². The van der Waals surface area contributed by atoms with Gasteiger partial charge in [0.2, 0.25) is 0 Å². The van der Waals surface area contributed by atoms with Gasteiger partial charge in [-0.25, -0.2) is 4.98 Å². The van der Waals surface area contributed by atoms with Crippen LogP contribution in [-0.4, -0.2) is 11.5 Å². The number of hydrogen-bond acceptors (Lipinski definition) is 3. The highest BCUT2D eigenvalue weighted by molar-refractivity contribution is 5.85. The van der Waals surface area contributed by atoms with Crippen molar-refractivity contribution >= 4 is 18.2 Å². The second kappa shape index (κ2) is 5.17. The van der Waals surface area contributed by atoms with Crippen LogP contribution in [0.4, 0.5) is 5.82 Å². The molecule has 2 rings (SSSR count). The maximum Gasteiger partial charge on any atom is 0.128 e. The highest BCUT2D eigenvalue weighted by atomic mass is 35.5. The van der Waals surface area contributed by atoms with Gasteiger partial charge < -0.3 is 11.1 Å². The van der Waals surface area contributed by atoms with E-state index in [0.717, 1.165) is 12.1 Å². The fourth-order valence-corrected chi connectivity index (χ4v) is 1.84. The smallest absolute Gasteiger partial charge is 0.128 e. The van der Waals surface area contributed by atoms with Gasteiger partial charge in [0.25, 0.3) is 0 Å². The van der Waals surface area contributed by atoms with E-state index in [4.69, 9.17) is 5.73 Å². The zero-order valence-electron chi connectivity index (χ0n) is 8.07. The standard InChI is InChI=1S/C10H15N3.ClH/c11-10-8(4-3-7-13-10)9-5-1-2-6-12-9;/h3-4,7,9,12H,1-2,5-6H2,(H2,11,13);1H/t9-;/m0./s1. The van der Waals surface area contributed by atoms with E-state index in [-0.39, 0.29) is 12.4 Å². The summed E-state index contributed by atoms with van der Waals surface area (Å²) in [5, 5.41) is 3.46. The predicted octanol–water partition coefficient (Wildman–Crippen LogP) is 1.90. The van der Waals surface area contributed by atoms with Crippen molar-refractivity contribution in [3.8, 4) is 0 Å². The van der Waals surface area contributed by atoms with Crippen molar-refractivity contribution in [2.75, 3.05) is 12.3 Å². The zero-order valence-corrected chi connectivity index (χ0v) is 8.89. The van der Waals surface area contributed by atoms with Crippen molar-refractivity contribution in [2.45, 2.75) is 25.3 Å². The molecule has 1 fully saturated rings. The van der Waals surface area contributed by atoms with Gasteiger partial charge in [0.05, 0.1) is 0 Å². The molecule has 0 amide bonds. The monoisotopic (exact) mass is 213 g/mol. The van der Waals surface area contributed by atoms with Crippen LogP contribution in [-0.2, 0) is 0 Å². The van der Waals surface area contributed by atoms with E-state index in [1.54, 1.807) is 6.20 Å². The Balaban J connectivity index is 0.000000980. The van der Waals surface area contributed by atoms with Crippen LogP contribution in [0.2, 0.25) is 0 Å². The Kier molecular flexibility index (Phi) is 4.17. The Morgan fingerprint density at radius 1 is 1.43 bits per heavy atom. The molecule has 0 saturated carbocycles. The third-order valence-corrected chi connectivity index (χ3v) is 2.56. The second-order valence-corrected chi connectivity index (χ2v) is 3.48. The van der Waals surface area contributed by atoms with Gasteiger partial charge in [-0.3, -0.25) is 0 Å². The maximum atomic E-state index is 5.80. The maximum absolute atomic E-state index is 5.80. The number of hydrogen-bond donors (Lipinski definition) is 2. The van der Waals surface area contributed by atoms with Gasteiger partial charge in [0.15, 0.2) is 0 Å². The van der Waals surface area contributed by atoms with Crippen molar-refractivity contribution in [1.29, 1.82) is 0 Å². The van der Waals surface area contributed by atoms with Crippen molar-refractivity contribution in [1.82, 2.24) is 10.3 Å². The Morgan fingerprint density at radius 2 is 2.29 bits per heavy atom. The van der Waals surface area contributed by atoms with E-state index >= 15 is 0 Å². The largest absolute Gasteiger partial charge is 0.383 e. The van der Waals surface area contributed by atoms with Crippen molar-refractivity contribution in [3.05, 3.63) is 23.9 Å². The van der Waals surface area contributed by atoms with Crippen LogP contribution in [0.5, 0.6) is 0 Å². The Hall–Kier alpha value is -0.800. The molecule has 2 heterocycles. The van der Waals surface area contributed by atoms with Gasteiger partial charge in [-0.1, -0.05) is 12.5 Å². The number of nitrogens with one attached hydrogen (secondary N) is 1. The van der Waals surface area contributed by atoms with E-state index < -0.39 is 0 Å². The normalized spacial score (nSPS) is 21.3. The summed E-state index contributed by atoms with van der Waals surface area (Å²) in [7, 11) is 0.